The standard InChI is InChI=1S/C23H17NO5S/c1-2-30(28,29)20-10-6-5-9-18(20)23(27)24-14-11-12-17-19(13-14)22(26)16-8-4-3-7-15(16)21(17)25/h3-13H,2H2,1H3,(H,24,27). The molecule has 150 valence electrons. The summed E-state index contributed by atoms with van der Waals surface area (Å²) >= 11 is 0. The van der Waals surface area contributed by atoms with E-state index in [9.17, 15) is 22.8 Å². The summed E-state index contributed by atoms with van der Waals surface area (Å²) in [4.78, 5) is 38.3. The number of amides is 1. The second-order valence-corrected chi connectivity index (χ2v) is 9.06. The SMILES string of the molecule is CCS(=O)(=O)c1ccccc1C(=O)Nc1ccc2c(c1)C(=O)c1ccccc1C2=O. The number of carbonyl (C=O) groups excluding carboxylic acids is 3. The Morgan fingerprint density at radius 3 is 2.03 bits per heavy atom. The highest BCUT2D eigenvalue weighted by Crippen LogP contribution is 2.29. The van der Waals surface area contributed by atoms with Gasteiger partial charge in [-0.15, -0.1) is 0 Å². The number of fused-ring (bicyclic) bond motifs is 2. The van der Waals surface area contributed by atoms with Crippen molar-refractivity contribution < 1.29 is 22.8 Å². The Labute approximate surface area is 173 Å². The molecule has 0 fully saturated rings. The largest absolute Gasteiger partial charge is 0.322 e. The molecule has 1 aliphatic carbocycles. The summed E-state index contributed by atoms with van der Waals surface area (Å²) in [6, 6.07) is 17.0. The molecule has 1 N–H and O–H groups in total. The van der Waals surface area contributed by atoms with E-state index in [-0.39, 0.29) is 38.9 Å². The van der Waals surface area contributed by atoms with Gasteiger partial charge in [0.15, 0.2) is 21.4 Å². The van der Waals surface area contributed by atoms with Crippen LogP contribution in [0.15, 0.2) is 71.6 Å². The third-order valence-electron chi connectivity index (χ3n) is 5.03. The number of carbonyl (C=O) groups is 3. The van der Waals surface area contributed by atoms with E-state index in [4.69, 9.17) is 0 Å². The van der Waals surface area contributed by atoms with Crippen LogP contribution in [0.2, 0.25) is 0 Å². The molecule has 0 unspecified atom stereocenters. The molecule has 0 saturated carbocycles. The number of ketones is 2. The zero-order valence-corrected chi connectivity index (χ0v) is 16.8. The maximum Gasteiger partial charge on any atom is 0.256 e. The summed E-state index contributed by atoms with van der Waals surface area (Å²) < 4.78 is 24.6. The van der Waals surface area contributed by atoms with Gasteiger partial charge in [-0.1, -0.05) is 43.3 Å². The number of rotatable bonds is 4. The third kappa shape index (κ3) is 3.23. The fraction of sp³-hybridized carbons (Fsp3) is 0.0870. The van der Waals surface area contributed by atoms with Crippen molar-refractivity contribution in [3.63, 3.8) is 0 Å². The first kappa shape index (κ1) is 19.7. The van der Waals surface area contributed by atoms with Crippen LogP contribution < -0.4 is 5.32 Å². The second kappa shape index (κ2) is 7.35. The van der Waals surface area contributed by atoms with Crippen molar-refractivity contribution in [1.29, 1.82) is 0 Å². The first-order chi connectivity index (χ1) is 14.3. The molecular formula is C23H17NO5S. The highest BCUT2D eigenvalue weighted by atomic mass is 32.2. The molecule has 3 aromatic rings. The smallest absolute Gasteiger partial charge is 0.256 e. The highest BCUT2D eigenvalue weighted by Gasteiger charge is 2.29. The predicted octanol–water partition coefficient (Wildman–Crippen LogP) is 3.51. The lowest BCUT2D eigenvalue weighted by Crippen LogP contribution is -2.22. The lowest BCUT2D eigenvalue weighted by molar-refractivity contribution is 0.0979. The summed E-state index contributed by atoms with van der Waals surface area (Å²) in [6.07, 6.45) is 0. The molecule has 0 saturated heterocycles. The fourth-order valence-corrected chi connectivity index (χ4v) is 4.55. The first-order valence-electron chi connectivity index (χ1n) is 9.29. The van der Waals surface area contributed by atoms with Gasteiger partial charge in [-0.25, -0.2) is 8.42 Å². The van der Waals surface area contributed by atoms with E-state index in [1.165, 1.54) is 37.3 Å². The Morgan fingerprint density at radius 1 is 0.800 bits per heavy atom. The number of benzene rings is 3. The van der Waals surface area contributed by atoms with E-state index in [2.05, 4.69) is 5.32 Å². The molecule has 6 nitrogen and oxygen atoms in total. The molecule has 3 aromatic carbocycles. The molecule has 7 heteroatoms. The molecule has 0 bridgehead atoms. The van der Waals surface area contributed by atoms with Crippen molar-refractivity contribution >= 4 is 33.0 Å². The highest BCUT2D eigenvalue weighted by molar-refractivity contribution is 7.91. The van der Waals surface area contributed by atoms with E-state index in [0.29, 0.717) is 16.8 Å². The van der Waals surface area contributed by atoms with Crippen LogP contribution in [-0.4, -0.2) is 31.6 Å². The van der Waals surface area contributed by atoms with Crippen molar-refractivity contribution in [2.45, 2.75) is 11.8 Å². The van der Waals surface area contributed by atoms with Crippen LogP contribution in [0.25, 0.3) is 0 Å². The van der Waals surface area contributed by atoms with Crippen molar-refractivity contribution in [1.82, 2.24) is 0 Å². The second-order valence-electron chi connectivity index (χ2n) is 6.82. The number of hydrogen-bond acceptors (Lipinski definition) is 5. The number of hydrogen-bond donors (Lipinski definition) is 1. The van der Waals surface area contributed by atoms with Gasteiger partial charge in [0, 0.05) is 27.9 Å². The van der Waals surface area contributed by atoms with Crippen LogP contribution in [0.5, 0.6) is 0 Å². The molecule has 0 spiro atoms. The zero-order valence-electron chi connectivity index (χ0n) is 16.0. The molecule has 0 heterocycles. The number of sulfone groups is 1. The van der Waals surface area contributed by atoms with Gasteiger partial charge < -0.3 is 5.32 Å². The Bertz CT molecular complexity index is 1320. The molecule has 0 aliphatic heterocycles. The van der Waals surface area contributed by atoms with E-state index in [0.717, 1.165) is 0 Å². The Morgan fingerprint density at radius 2 is 1.37 bits per heavy atom. The maximum absolute atomic E-state index is 12.8. The summed E-state index contributed by atoms with van der Waals surface area (Å²) in [5.41, 5.74) is 1.45. The topological polar surface area (TPSA) is 97.4 Å². The minimum atomic E-state index is -3.59. The van der Waals surface area contributed by atoms with Crippen LogP contribution in [0.3, 0.4) is 0 Å². The van der Waals surface area contributed by atoms with Crippen LogP contribution in [0.1, 0.15) is 49.1 Å². The molecule has 4 rings (SSSR count). The Hall–Kier alpha value is -3.58. The van der Waals surface area contributed by atoms with Crippen LogP contribution >= 0.6 is 0 Å². The van der Waals surface area contributed by atoms with Gasteiger partial charge in [0.2, 0.25) is 0 Å². The summed E-state index contributed by atoms with van der Waals surface area (Å²) in [6.45, 7) is 1.51. The monoisotopic (exact) mass is 419 g/mol. The molecule has 1 aliphatic rings. The summed E-state index contributed by atoms with van der Waals surface area (Å²) in [5.74, 6) is -1.30. The lowest BCUT2D eigenvalue weighted by Gasteiger charge is -2.18. The van der Waals surface area contributed by atoms with Crippen LogP contribution in [0.4, 0.5) is 5.69 Å². The van der Waals surface area contributed by atoms with Gasteiger partial charge in [0.05, 0.1) is 16.2 Å². The van der Waals surface area contributed by atoms with Gasteiger partial charge in [-0.05, 0) is 30.3 Å². The van der Waals surface area contributed by atoms with Crippen LogP contribution in [0, 0.1) is 0 Å². The average Bonchev–Trinajstić information content (AvgIpc) is 2.77. The van der Waals surface area contributed by atoms with E-state index in [1.807, 2.05) is 0 Å². The first-order valence-corrected chi connectivity index (χ1v) is 10.9. The van der Waals surface area contributed by atoms with Gasteiger partial charge >= 0.3 is 0 Å². The minimum absolute atomic E-state index is 0.0184. The molecule has 1 amide bonds. The summed E-state index contributed by atoms with van der Waals surface area (Å²) in [5, 5.41) is 2.64. The number of nitrogens with one attached hydrogen (secondary N) is 1. The quantitative estimate of drug-likeness (QED) is 0.546. The summed E-state index contributed by atoms with van der Waals surface area (Å²) in [7, 11) is -3.59. The van der Waals surface area contributed by atoms with Crippen LogP contribution in [-0.2, 0) is 9.84 Å². The fourth-order valence-electron chi connectivity index (χ4n) is 3.46. The number of anilines is 1. The molecule has 30 heavy (non-hydrogen) atoms. The third-order valence-corrected chi connectivity index (χ3v) is 6.82. The van der Waals surface area contributed by atoms with Crippen molar-refractivity contribution in [2.75, 3.05) is 11.1 Å². The average molecular weight is 419 g/mol. The van der Waals surface area contributed by atoms with Gasteiger partial charge in [0.25, 0.3) is 5.91 Å². The molecular weight excluding hydrogens is 402 g/mol. The maximum atomic E-state index is 12.8. The minimum Gasteiger partial charge on any atom is -0.322 e. The van der Waals surface area contributed by atoms with E-state index in [1.54, 1.807) is 36.4 Å². The Balaban J connectivity index is 1.70. The van der Waals surface area contributed by atoms with Crippen molar-refractivity contribution in [3.05, 3.63) is 94.5 Å². The normalized spacial score (nSPS) is 12.8. The zero-order chi connectivity index (χ0) is 21.5. The molecule has 0 radical (unpaired) electrons. The van der Waals surface area contributed by atoms with Crippen molar-refractivity contribution in [2.24, 2.45) is 0 Å². The lowest BCUT2D eigenvalue weighted by atomic mass is 9.84. The van der Waals surface area contributed by atoms with Gasteiger partial charge in [-0.2, -0.15) is 0 Å². The molecule has 0 aromatic heterocycles. The van der Waals surface area contributed by atoms with E-state index < -0.39 is 15.7 Å². The predicted molar refractivity (Wildman–Crippen MR) is 112 cm³/mol. The van der Waals surface area contributed by atoms with Gasteiger partial charge in [-0.3, -0.25) is 14.4 Å². The van der Waals surface area contributed by atoms with Gasteiger partial charge in [0.1, 0.15) is 0 Å². The van der Waals surface area contributed by atoms with E-state index >= 15 is 0 Å². The molecule has 0 atom stereocenters. The Kier molecular flexibility index (Phi) is 4.83. The van der Waals surface area contributed by atoms with Crippen molar-refractivity contribution in [3.8, 4) is 0 Å².